The van der Waals surface area contributed by atoms with Crippen molar-refractivity contribution in [2.75, 3.05) is 6.61 Å². The first-order valence-corrected chi connectivity index (χ1v) is 6.92. The average Bonchev–Trinajstić information content (AvgIpc) is 2.38. The Bertz CT molecular complexity index is 434. The predicted octanol–water partition coefficient (Wildman–Crippen LogP) is 2.25. The lowest BCUT2D eigenvalue weighted by molar-refractivity contribution is -0.128. The highest BCUT2D eigenvalue weighted by atomic mass is 16.5. The number of aliphatic hydroxyl groups excluding tert-OH is 1. The Morgan fingerprint density at radius 1 is 1.25 bits per heavy atom. The van der Waals surface area contributed by atoms with E-state index in [1.165, 1.54) is 5.56 Å². The topological polar surface area (TPSA) is 58.6 Å². The van der Waals surface area contributed by atoms with Gasteiger partial charge in [-0.25, -0.2) is 0 Å². The summed E-state index contributed by atoms with van der Waals surface area (Å²) in [4.78, 5) is 11.8. The Labute approximate surface area is 121 Å². The summed E-state index contributed by atoms with van der Waals surface area (Å²) in [5.41, 5.74) is 1.31. The Hall–Kier alpha value is -1.55. The molecule has 0 aliphatic heterocycles. The zero-order chi connectivity index (χ0) is 15.3. The molecule has 0 aliphatic carbocycles. The number of hydrogen-bond donors (Lipinski definition) is 2. The van der Waals surface area contributed by atoms with Gasteiger partial charge < -0.3 is 15.2 Å². The number of ether oxygens (including phenoxy) is 1. The minimum Gasteiger partial charge on any atom is -0.481 e. The molecule has 0 spiro atoms. The molecule has 1 aromatic rings. The normalized spacial score (nSPS) is 14.5. The van der Waals surface area contributed by atoms with Crippen molar-refractivity contribution < 1.29 is 14.6 Å². The summed E-state index contributed by atoms with van der Waals surface area (Å²) in [6.45, 7) is 9.79. The van der Waals surface area contributed by atoms with Gasteiger partial charge in [0.05, 0.1) is 6.61 Å². The molecule has 0 radical (unpaired) electrons. The molecule has 112 valence electrons. The van der Waals surface area contributed by atoms with Crippen molar-refractivity contribution >= 4 is 5.91 Å². The summed E-state index contributed by atoms with van der Waals surface area (Å²) in [6, 6.07) is 7.50. The van der Waals surface area contributed by atoms with Crippen LogP contribution >= 0.6 is 0 Å². The lowest BCUT2D eigenvalue weighted by atomic mass is 9.87. The average molecular weight is 279 g/mol. The minimum absolute atomic E-state index is 0.0846. The summed E-state index contributed by atoms with van der Waals surface area (Å²) in [5, 5.41) is 11.6. The number of nitrogens with one attached hydrogen (secondary N) is 1. The maximum absolute atomic E-state index is 11.8. The second-order valence-corrected chi connectivity index (χ2v) is 6.13. The highest BCUT2D eigenvalue weighted by Crippen LogP contribution is 2.24. The van der Waals surface area contributed by atoms with Crippen molar-refractivity contribution in [1.82, 2.24) is 5.32 Å². The van der Waals surface area contributed by atoms with Crippen molar-refractivity contribution in [2.45, 2.75) is 52.2 Å². The molecule has 2 atom stereocenters. The maximum atomic E-state index is 11.8. The molecule has 1 rings (SSSR count). The summed E-state index contributed by atoms with van der Waals surface area (Å²) in [5.74, 6) is 0.434. The Morgan fingerprint density at radius 3 is 2.25 bits per heavy atom. The Morgan fingerprint density at radius 2 is 1.80 bits per heavy atom. The van der Waals surface area contributed by atoms with Gasteiger partial charge in [-0.15, -0.1) is 0 Å². The van der Waals surface area contributed by atoms with Crippen LogP contribution in [0, 0.1) is 0 Å². The summed E-state index contributed by atoms with van der Waals surface area (Å²) < 4.78 is 5.60. The molecule has 0 aromatic heterocycles. The molecule has 0 fully saturated rings. The van der Waals surface area contributed by atoms with Crippen molar-refractivity contribution in [1.29, 1.82) is 0 Å². The van der Waals surface area contributed by atoms with E-state index in [4.69, 9.17) is 9.84 Å². The van der Waals surface area contributed by atoms with Crippen LogP contribution in [0.2, 0.25) is 0 Å². The number of amides is 1. The van der Waals surface area contributed by atoms with E-state index in [2.05, 4.69) is 26.1 Å². The third kappa shape index (κ3) is 4.85. The molecule has 2 N–H and O–H groups in total. The molecule has 0 heterocycles. The van der Waals surface area contributed by atoms with E-state index < -0.39 is 6.10 Å². The first-order chi connectivity index (χ1) is 9.24. The van der Waals surface area contributed by atoms with Crippen LogP contribution in [0.1, 0.15) is 40.2 Å². The SMILES string of the molecule is CC(CO)NC(=O)C(C)Oc1ccc(C(C)(C)C)cc1. The number of carbonyl (C=O) groups is 1. The molecule has 1 aromatic carbocycles. The van der Waals surface area contributed by atoms with Gasteiger partial charge in [0.25, 0.3) is 5.91 Å². The lowest BCUT2D eigenvalue weighted by Gasteiger charge is -2.20. The van der Waals surface area contributed by atoms with Crippen LogP contribution < -0.4 is 10.1 Å². The molecule has 2 unspecified atom stereocenters. The van der Waals surface area contributed by atoms with Gasteiger partial charge in [-0.2, -0.15) is 0 Å². The minimum atomic E-state index is -0.593. The van der Waals surface area contributed by atoms with Gasteiger partial charge in [0, 0.05) is 6.04 Å². The van der Waals surface area contributed by atoms with Gasteiger partial charge in [-0.3, -0.25) is 4.79 Å². The fourth-order valence-corrected chi connectivity index (χ4v) is 1.70. The molecule has 0 saturated carbocycles. The first kappa shape index (κ1) is 16.5. The number of hydrogen-bond acceptors (Lipinski definition) is 3. The lowest BCUT2D eigenvalue weighted by Crippen LogP contribution is -2.42. The fraction of sp³-hybridized carbons (Fsp3) is 0.562. The number of benzene rings is 1. The van der Waals surface area contributed by atoms with Gasteiger partial charge in [0.15, 0.2) is 6.10 Å². The molecule has 4 heteroatoms. The van der Waals surface area contributed by atoms with Gasteiger partial charge in [-0.1, -0.05) is 32.9 Å². The van der Waals surface area contributed by atoms with Crippen LogP contribution in [0.3, 0.4) is 0 Å². The molecule has 0 bridgehead atoms. The van der Waals surface area contributed by atoms with E-state index in [1.807, 2.05) is 24.3 Å². The standard InChI is InChI=1S/C16H25NO3/c1-11(10-18)17-15(19)12(2)20-14-8-6-13(7-9-14)16(3,4)5/h6-9,11-12,18H,10H2,1-5H3,(H,17,19). The number of aliphatic hydroxyl groups is 1. The molecule has 20 heavy (non-hydrogen) atoms. The van der Waals surface area contributed by atoms with Crippen molar-refractivity contribution in [2.24, 2.45) is 0 Å². The van der Waals surface area contributed by atoms with Crippen LogP contribution in [0.25, 0.3) is 0 Å². The highest BCUT2D eigenvalue weighted by Gasteiger charge is 2.17. The molecular formula is C16H25NO3. The van der Waals surface area contributed by atoms with Crippen LogP contribution in [0.4, 0.5) is 0 Å². The van der Waals surface area contributed by atoms with Crippen LogP contribution in [-0.4, -0.2) is 29.8 Å². The third-order valence-electron chi connectivity index (χ3n) is 3.06. The molecule has 0 saturated heterocycles. The maximum Gasteiger partial charge on any atom is 0.261 e. The van der Waals surface area contributed by atoms with E-state index in [0.717, 1.165) is 0 Å². The molecule has 4 nitrogen and oxygen atoms in total. The van der Waals surface area contributed by atoms with Crippen LogP contribution in [-0.2, 0) is 10.2 Å². The quantitative estimate of drug-likeness (QED) is 0.869. The predicted molar refractivity (Wildman–Crippen MR) is 79.9 cm³/mol. The third-order valence-corrected chi connectivity index (χ3v) is 3.06. The van der Waals surface area contributed by atoms with Gasteiger partial charge >= 0.3 is 0 Å². The summed E-state index contributed by atoms with van der Waals surface area (Å²) in [6.07, 6.45) is -0.593. The van der Waals surface area contributed by atoms with Crippen molar-refractivity contribution in [3.05, 3.63) is 29.8 Å². The second-order valence-electron chi connectivity index (χ2n) is 6.13. The van der Waals surface area contributed by atoms with Gasteiger partial charge in [0.1, 0.15) is 5.75 Å². The zero-order valence-corrected chi connectivity index (χ0v) is 12.9. The summed E-state index contributed by atoms with van der Waals surface area (Å²) in [7, 11) is 0. The Kier molecular flexibility index (Phi) is 5.57. The van der Waals surface area contributed by atoms with Gasteiger partial charge in [0.2, 0.25) is 0 Å². The number of rotatable bonds is 5. The Balaban J connectivity index is 2.62. The van der Waals surface area contributed by atoms with E-state index in [1.54, 1.807) is 13.8 Å². The van der Waals surface area contributed by atoms with E-state index in [9.17, 15) is 4.79 Å². The molecule has 1 amide bonds. The second kappa shape index (κ2) is 6.75. The van der Waals surface area contributed by atoms with E-state index >= 15 is 0 Å². The highest BCUT2D eigenvalue weighted by molar-refractivity contribution is 5.80. The van der Waals surface area contributed by atoms with Crippen LogP contribution in [0.15, 0.2) is 24.3 Å². The molecular weight excluding hydrogens is 254 g/mol. The van der Waals surface area contributed by atoms with Crippen LogP contribution in [0.5, 0.6) is 5.75 Å². The monoisotopic (exact) mass is 279 g/mol. The first-order valence-electron chi connectivity index (χ1n) is 6.92. The van der Waals surface area contributed by atoms with E-state index in [-0.39, 0.29) is 24.0 Å². The van der Waals surface area contributed by atoms with Crippen molar-refractivity contribution in [3.8, 4) is 5.75 Å². The summed E-state index contributed by atoms with van der Waals surface area (Å²) >= 11 is 0. The zero-order valence-electron chi connectivity index (χ0n) is 12.9. The molecule has 0 aliphatic rings. The van der Waals surface area contributed by atoms with Crippen molar-refractivity contribution in [3.63, 3.8) is 0 Å². The van der Waals surface area contributed by atoms with E-state index in [0.29, 0.717) is 5.75 Å². The smallest absolute Gasteiger partial charge is 0.261 e. The fourth-order valence-electron chi connectivity index (χ4n) is 1.70. The largest absolute Gasteiger partial charge is 0.481 e. The number of carbonyl (C=O) groups excluding carboxylic acids is 1. The van der Waals surface area contributed by atoms with Gasteiger partial charge in [-0.05, 0) is 37.0 Å².